The van der Waals surface area contributed by atoms with Crippen LogP contribution < -0.4 is 0 Å². The molecule has 0 amide bonds. The summed E-state index contributed by atoms with van der Waals surface area (Å²) in [7, 11) is 0. The fraction of sp³-hybridized carbons (Fsp3) is 0.200. The Morgan fingerprint density at radius 2 is 0.400 bits per heavy atom. The van der Waals surface area contributed by atoms with E-state index >= 15 is 0 Å². The van der Waals surface area contributed by atoms with Crippen molar-refractivity contribution in [1.82, 2.24) is 0 Å². The molecule has 8 fully saturated rings. The van der Waals surface area contributed by atoms with Crippen LogP contribution in [0.3, 0.4) is 0 Å². The third kappa shape index (κ3) is 9.79. The van der Waals surface area contributed by atoms with Gasteiger partial charge in [0.2, 0.25) is 0 Å². The maximum atomic E-state index is 7.26. The number of terminal acetylenes is 4. The normalized spacial score (nSPS) is 24.9. The van der Waals surface area contributed by atoms with Crippen LogP contribution in [-0.2, 0) is 21.7 Å². The highest BCUT2D eigenvalue weighted by Gasteiger charge is 2.75. The number of benzene rings is 12. The molecule has 12 aromatic carbocycles. The highest BCUT2D eigenvalue weighted by molar-refractivity contribution is 5.86. The summed E-state index contributed by atoms with van der Waals surface area (Å²) in [4.78, 5) is 0. The van der Waals surface area contributed by atoms with Crippen molar-refractivity contribution in [2.45, 2.75) is 98.7 Å². The van der Waals surface area contributed by atoms with Crippen LogP contribution in [0.1, 0.15) is 122 Å². The molecule has 478 valence electrons. The van der Waals surface area contributed by atoms with Gasteiger partial charge >= 0.3 is 0 Å². The summed E-state index contributed by atoms with van der Waals surface area (Å²) in [5.74, 6) is 14.9. The lowest BCUT2D eigenvalue weighted by atomic mass is 9.26. The molecule has 20 rings (SSSR count). The van der Waals surface area contributed by atoms with Crippen LogP contribution in [0.4, 0.5) is 0 Å². The molecule has 0 radical (unpaired) electrons. The Kier molecular flexibility index (Phi) is 14.6. The van der Waals surface area contributed by atoms with Crippen molar-refractivity contribution in [1.29, 1.82) is 0 Å². The molecule has 0 spiro atoms. The van der Waals surface area contributed by atoms with Gasteiger partial charge in [0, 0.05) is 22.3 Å². The minimum absolute atomic E-state index is 0.225. The van der Waals surface area contributed by atoms with Crippen LogP contribution in [0.2, 0.25) is 0 Å². The zero-order valence-corrected chi connectivity index (χ0v) is 56.7. The Morgan fingerprint density at radius 3 is 0.590 bits per heavy atom. The first-order valence-corrected chi connectivity index (χ1v) is 36.1. The lowest BCUT2D eigenvalue weighted by Crippen LogP contribution is -2.71. The predicted molar refractivity (Wildman–Crippen MR) is 415 cm³/mol. The monoisotopic (exact) mass is 1280 g/mol. The Bertz CT molecular complexity index is 4690. The van der Waals surface area contributed by atoms with Crippen molar-refractivity contribution in [3.05, 3.63) is 336 Å². The van der Waals surface area contributed by atoms with Crippen LogP contribution in [0.15, 0.2) is 291 Å². The van der Waals surface area contributed by atoms with Crippen LogP contribution in [0.25, 0.3) is 89.0 Å². The summed E-state index contributed by atoms with van der Waals surface area (Å²) in [6, 6.07) is 108. The summed E-state index contributed by atoms with van der Waals surface area (Å²) in [6.45, 7) is 0. The summed E-state index contributed by atoms with van der Waals surface area (Å²) in [6.07, 6.45) is 41.4. The molecule has 8 bridgehead atoms. The molecule has 0 heteroatoms. The number of hydrogen-bond donors (Lipinski definition) is 0. The van der Waals surface area contributed by atoms with E-state index in [9.17, 15) is 0 Å². The SMILES string of the molecule is C#Cc1c(-c2ccccc2)cc(-c2ccccc2)cc1C12CC3CC(c4cc(-c5ccccc5)cc(-c5ccccc5)c4C#C)(C1)CC(C14CC5CC(c6cc(-c7ccccc7)cc(-c7ccccc7)c6C#C)(CC(c6cc(-c7ccccc7)cc(-c7ccccc7)c6C#C)(C5)C1)C4)(C3)C2. The van der Waals surface area contributed by atoms with Gasteiger partial charge in [-0.05, 0) is 281 Å². The predicted octanol–water partition coefficient (Wildman–Crippen LogP) is 24.0. The summed E-state index contributed by atoms with van der Waals surface area (Å²) in [5, 5.41) is 0. The average molecular weight is 1280 g/mol. The third-order valence-electron chi connectivity index (χ3n) is 25.4. The molecular weight excluding hydrogens is 1200 g/mol. The minimum atomic E-state index is -0.365. The van der Waals surface area contributed by atoms with E-state index in [0.717, 1.165) is 144 Å². The van der Waals surface area contributed by atoms with Crippen molar-refractivity contribution in [2.75, 3.05) is 0 Å². The molecule has 0 heterocycles. The number of rotatable bonds is 13. The highest BCUT2D eigenvalue weighted by atomic mass is 14.8. The lowest BCUT2D eigenvalue weighted by molar-refractivity contribution is -0.224. The van der Waals surface area contributed by atoms with Crippen LogP contribution in [0.5, 0.6) is 0 Å². The van der Waals surface area contributed by atoms with Gasteiger partial charge in [-0.25, -0.2) is 0 Å². The second-order valence-electron chi connectivity index (χ2n) is 31.0. The van der Waals surface area contributed by atoms with E-state index in [-0.39, 0.29) is 32.5 Å². The van der Waals surface area contributed by atoms with E-state index in [0.29, 0.717) is 11.8 Å². The van der Waals surface area contributed by atoms with Crippen molar-refractivity contribution >= 4 is 0 Å². The molecule has 8 aliphatic rings. The Labute approximate surface area is 591 Å². The van der Waals surface area contributed by atoms with Gasteiger partial charge in [0.05, 0.1) is 0 Å². The first kappa shape index (κ1) is 61.2. The molecule has 8 aliphatic carbocycles. The molecule has 0 nitrogen and oxygen atoms in total. The Balaban J connectivity index is 0.950. The van der Waals surface area contributed by atoms with Gasteiger partial charge in [-0.3, -0.25) is 0 Å². The topological polar surface area (TPSA) is 0 Å². The molecule has 0 N–H and O–H groups in total. The lowest BCUT2D eigenvalue weighted by Gasteiger charge is -2.78. The maximum Gasteiger partial charge on any atom is 0.0359 e. The average Bonchev–Trinajstić information content (AvgIpc) is 0.650. The van der Waals surface area contributed by atoms with Crippen molar-refractivity contribution in [3.8, 4) is 138 Å². The number of hydrogen-bond acceptors (Lipinski definition) is 0. The smallest absolute Gasteiger partial charge is 0.0359 e. The van der Waals surface area contributed by atoms with E-state index in [1.54, 1.807) is 0 Å². The van der Waals surface area contributed by atoms with E-state index < -0.39 is 0 Å². The zero-order chi connectivity index (χ0) is 67.3. The van der Waals surface area contributed by atoms with Crippen molar-refractivity contribution < 1.29 is 0 Å². The molecule has 100 heavy (non-hydrogen) atoms. The van der Waals surface area contributed by atoms with Gasteiger partial charge in [-0.2, -0.15) is 0 Å². The van der Waals surface area contributed by atoms with Gasteiger partial charge in [0.15, 0.2) is 0 Å². The largest absolute Gasteiger partial charge is 0.115 e. The van der Waals surface area contributed by atoms with Gasteiger partial charge < -0.3 is 0 Å². The van der Waals surface area contributed by atoms with Gasteiger partial charge in [0.1, 0.15) is 0 Å². The first-order valence-electron chi connectivity index (χ1n) is 36.1. The molecular formula is C100H78. The van der Waals surface area contributed by atoms with Crippen molar-refractivity contribution in [3.63, 3.8) is 0 Å². The molecule has 8 saturated carbocycles. The fourth-order valence-corrected chi connectivity index (χ4v) is 22.7. The Morgan fingerprint density at radius 1 is 0.210 bits per heavy atom. The van der Waals surface area contributed by atoms with E-state index in [1.807, 2.05) is 0 Å². The van der Waals surface area contributed by atoms with Crippen LogP contribution >= 0.6 is 0 Å². The van der Waals surface area contributed by atoms with Crippen LogP contribution in [-0.4, -0.2) is 0 Å². The minimum Gasteiger partial charge on any atom is -0.115 e. The molecule has 0 saturated heterocycles. The second kappa shape index (κ2) is 23.8. The van der Waals surface area contributed by atoms with Gasteiger partial charge in [-0.1, -0.05) is 266 Å². The first-order chi connectivity index (χ1) is 49.1. The van der Waals surface area contributed by atoms with E-state index in [1.165, 1.54) is 66.8 Å². The summed E-state index contributed by atoms with van der Waals surface area (Å²) >= 11 is 0. The molecule has 0 aromatic heterocycles. The summed E-state index contributed by atoms with van der Waals surface area (Å²) < 4.78 is 0. The quantitative estimate of drug-likeness (QED) is 0.101. The third-order valence-corrected chi connectivity index (χ3v) is 25.4. The van der Waals surface area contributed by atoms with Gasteiger partial charge in [-0.15, -0.1) is 25.7 Å². The molecule has 12 aromatic rings. The summed E-state index contributed by atoms with van der Waals surface area (Å²) in [5.41, 5.74) is 26.1. The van der Waals surface area contributed by atoms with E-state index in [2.05, 4.69) is 315 Å². The fourth-order valence-electron chi connectivity index (χ4n) is 22.7. The molecule has 0 aliphatic heterocycles. The standard InChI is InChI=1S/C100H78/c1-5-83-87(75-41-25-13-26-42-75)49-79(71-33-17-9-18-34-71)53-91(83)95-57-69-58-96(63-95,92-54-80(72-35-19-10-20-36-72)50-88(84(92)6-2)76-43-27-14-28-44-76)66-99(61-69,65-95)100-62-70-59-97(67-100,93-55-81(73-37-21-11-22-38-73)51-89(85(93)7-3)77-45-29-15-30-46-77)64-98(60-70,68-100)94-56-82(74-39-23-12-24-40-74)52-90(86(94)8-4)78-47-31-16-32-48-78/h1-4,9-56,69-70H,57-68H2. The Hall–Kier alpha value is -11.1. The maximum absolute atomic E-state index is 7.26. The molecule has 4 unspecified atom stereocenters. The zero-order valence-electron chi connectivity index (χ0n) is 56.7. The highest BCUT2D eigenvalue weighted by Crippen LogP contribution is 2.83. The van der Waals surface area contributed by atoms with Crippen molar-refractivity contribution in [2.24, 2.45) is 22.7 Å². The second-order valence-corrected chi connectivity index (χ2v) is 31.0. The van der Waals surface area contributed by atoms with Crippen LogP contribution in [0, 0.1) is 72.0 Å². The van der Waals surface area contributed by atoms with E-state index in [4.69, 9.17) is 25.7 Å². The molecule has 4 atom stereocenters. The van der Waals surface area contributed by atoms with Gasteiger partial charge in [0.25, 0.3) is 0 Å².